The normalized spacial score (nSPS) is 11.9. The van der Waals surface area contributed by atoms with Crippen molar-refractivity contribution >= 4 is 22.9 Å². The summed E-state index contributed by atoms with van der Waals surface area (Å²) in [6.07, 6.45) is 5.41. The highest BCUT2D eigenvalue weighted by molar-refractivity contribution is 7.14. The Bertz CT molecular complexity index is 1090. The number of hydrogen-bond acceptors (Lipinski definition) is 5. The van der Waals surface area contributed by atoms with E-state index in [1.54, 1.807) is 17.5 Å². The lowest BCUT2D eigenvalue weighted by molar-refractivity contribution is -0.117. The highest BCUT2D eigenvalue weighted by atomic mass is 32.1. The number of hydrogen-bond donors (Lipinski definition) is 3. The molecule has 0 saturated heterocycles. The van der Waals surface area contributed by atoms with Crippen molar-refractivity contribution in [2.24, 2.45) is 5.73 Å². The Morgan fingerprint density at radius 2 is 1.93 bits per heavy atom. The Labute approximate surface area is 166 Å². The Morgan fingerprint density at radius 3 is 2.61 bits per heavy atom. The summed E-state index contributed by atoms with van der Waals surface area (Å²) in [5.74, 6) is -0.261. The standard InChI is InChI=1S/C21H19N5OS/c1-13-10-23-21(28-13)16-3-2-4-18(9-16)26-20(27)19(22)15-7-5-14(6-8-15)17-11-24-25-12-17/h2-12,19H,22H2,1H3,(H,24,25)(H,26,27). The minimum Gasteiger partial charge on any atom is -0.324 e. The maximum absolute atomic E-state index is 12.6. The first-order valence-electron chi connectivity index (χ1n) is 8.78. The second kappa shape index (κ2) is 7.75. The highest BCUT2D eigenvalue weighted by Crippen LogP contribution is 2.27. The van der Waals surface area contributed by atoms with E-state index in [2.05, 4.69) is 20.5 Å². The fraction of sp³-hybridized carbons (Fsp3) is 0.0952. The Balaban J connectivity index is 1.47. The number of thiazole rings is 1. The van der Waals surface area contributed by atoms with Crippen LogP contribution in [0.25, 0.3) is 21.7 Å². The summed E-state index contributed by atoms with van der Waals surface area (Å²) in [5.41, 5.74) is 10.6. The molecule has 1 amide bonds. The first-order valence-corrected chi connectivity index (χ1v) is 9.60. The molecule has 1 atom stereocenters. The molecule has 1 unspecified atom stereocenters. The van der Waals surface area contributed by atoms with Crippen molar-refractivity contribution in [2.75, 3.05) is 5.32 Å². The zero-order chi connectivity index (χ0) is 19.5. The first-order chi connectivity index (χ1) is 13.6. The molecular weight excluding hydrogens is 370 g/mol. The molecule has 6 nitrogen and oxygen atoms in total. The second-order valence-electron chi connectivity index (χ2n) is 6.43. The number of aromatic nitrogens is 3. The summed E-state index contributed by atoms with van der Waals surface area (Å²) in [6, 6.07) is 14.4. The van der Waals surface area contributed by atoms with Crippen LogP contribution in [-0.4, -0.2) is 21.1 Å². The van der Waals surface area contributed by atoms with Gasteiger partial charge < -0.3 is 11.1 Å². The van der Waals surface area contributed by atoms with Crippen LogP contribution in [0.2, 0.25) is 0 Å². The van der Waals surface area contributed by atoms with Gasteiger partial charge in [0.05, 0.1) is 6.20 Å². The zero-order valence-electron chi connectivity index (χ0n) is 15.2. The summed E-state index contributed by atoms with van der Waals surface area (Å²) < 4.78 is 0. The first kappa shape index (κ1) is 18.1. The third kappa shape index (κ3) is 3.85. The summed E-state index contributed by atoms with van der Waals surface area (Å²) in [6.45, 7) is 2.02. The van der Waals surface area contributed by atoms with E-state index in [1.165, 1.54) is 0 Å². The predicted molar refractivity (Wildman–Crippen MR) is 112 cm³/mol. The minimum absolute atomic E-state index is 0.261. The van der Waals surface area contributed by atoms with Crippen molar-refractivity contribution in [1.82, 2.24) is 15.2 Å². The molecule has 0 saturated carbocycles. The molecule has 0 fully saturated rings. The maximum Gasteiger partial charge on any atom is 0.245 e. The summed E-state index contributed by atoms with van der Waals surface area (Å²) in [5, 5.41) is 10.6. The van der Waals surface area contributed by atoms with Gasteiger partial charge in [-0.1, -0.05) is 36.4 Å². The van der Waals surface area contributed by atoms with Gasteiger partial charge >= 0.3 is 0 Å². The van der Waals surface area contributed by atoms with Crippen molar-refractivity contribution in [3.05, 3.63) is 77.6 Å². The molecule has 4 aromatic rings. The molecule has 2 aromatic heterocycles. The smallest absolute Gasteiger partial charge is 0.245 e. The fourth-order valence-electron chi connectivity index (χ4n) is 2.88. The van der Waals surface area contributed by atoms with Gasteiger partial charge in [0.2, 0.25) is 5.91 Å². The summed E-state index contributed by atoms with van der Waals surface area (Å²) >= 11 is 1.62. The van der Waals surface area contributed by atoms with Gasteiger partial charge in [0.15, 0.2) is 0 Å². The number of H-pyrrole nitrogens is 1. The van der Waals surface area contributed by atoms with Crippen LogP contribution < -0.4 is 11.1 Å². The predicted octanol–water partition coefficient (Wildman–Crippen LogP) is 4.15. The van der Waals surface area contributed by atoms with Crippen LogP contribution in [0.1, 0.15) is 16.5 Å². The largest absolute Gasteiger partial charge is 0.324 e. The monoisotopic (exact) mass is 389 g/mol. The van der Waals surface area contributed by atoms with Crippen molar-refractivity contribution in [1.29, 1.82) is 0 Å². The fourth-order valence-corrected chi connectivity index (χ4v) is 3.64. The number of aromatic amines is 1. The number of carbonyl (C=O) groups is 1. The number of nitrogens with zero attached hydrogens (tertiary/aromatic N) is 2. The minimum atomic E-state index is -0.760. The molecule has 140 valence electrons. The van der Waals surface area contributed by atoms with E-state index >= 15 is 0 Å². The van der Waals surface area contributed by atoms with Crippen LogP contribution in [0.5, 0.6) is 0 Å². The van der Waals surface area contributed by atoms with E-state index in [1.807, 2.05) is 67.8 Å². The average Bonchev–Trinajstić information content (AvgIpc) is 3.40. The van der Waals surface area contributed by atoms with Crippen LogP contribution in [0.15, 0.2) is 67.1 Å². The molecule has 2 aromatic carbocycles. The Hall–Kier alpha value is -3.29. The Morgan fingerprint density at radius 1 is 1.11 bits per heavy atom. The van der Waals surface area contributed by atoms with Gasteiger partial charge in [-0.15, -0.1) is 11.3 Å². The average molecular weight is 389 g/mol. The van der Waals surface area contributed by atoms with E-state index in [-0.39, 0.29) is 5.91 Å². The number of rotatable bonds is 5. The van der Waals surface area contributed by atoms with E-state index in [4.69, 9.17) is 5.73 Å². The molecule has 4 N–H and O–H groups in total. The lowest BCUT2D eigenvalue weighted by Crippen LogP contribution is -2.27. The topological polar surface area (TPSA) is 96.7 Å². The van der Waals surface area contributed by atoms with Crippen molar-refractivity contribution in [2.45, 2.75) is 13.0 Å². The number of nitrogens with one attached hydrogen (secondary N) is 2. The third-order valence-corrected chi connectivity index (χ3v) is 5.34. The molecule has 0 bridgehead atoms. The van der Waals surface area contributed by atoms with Crippen LogP contribution in [0.3, 0.4) is 0 Å². The van der Waals surface area contributed by atoms with Crippen molar-refractivity contribution < 1.29 is 4.79 Å². The van der Waals surface area contributed by atoms with Gasteiger partial charge in [-0.05, 0) is 30.2 Å². The van der Waals surface area contributed by atoms with Gasteiger partial charge in [0.25, 0.3) is 0 Å². The van der Waals surface area contributed by atoms with E-state index in [0.717, 1.165) is 32.1 Å². The van der Waals surface area contributed by atoms with Gasteiger partial charge in [0, 0.05) is 34.1 Å². The number of amides is 1. The maximum atomic E-state index is 12.6. The summed E-state index contributed by atoms with van der Waals surface area (Å²) in [4.78, 5) is 18.2. The molecule has 0 aliphatic rings. The SMILES string of the molecule is Cc1cnc(-c2cccc(NC(=O)C(N)c3ccc(-c4cn[nH]c4)cc3)c2)s1. The van der Waals surface area contributed by atoms with Crippen molar-refractivity contribution in [3.63, 3.8) is 0 Å². The zero-order valence-corrected chi connectivity index (χ0v) is 16.0. The van der Waals surface area contributed by atoms with Crippen LogP contribution in [-0.2, 0) is 4.79 Å². The molecule has 0 aliphatic heterocycles. The van der Waals surface area contributed by atoms with Crippen LogP contribution in [0, 0.1) is 6.92 Å². The Kier molecular flexibility index (Phi) is 5.01. The van der Waals surface area contributed by atoms with E-state index in [0.29, 0.717) is 5.69 Å². The number of anilines is 1. The van der Waals surface area contributed by atoms with Crippen LogP contribution >= 0.6 is 11.3 Å². The summed E-state index contributed by atoms with van der Waals surface area (Å²) in [7, 11) is 0. The molecule has 7 heteroatoms. The van der Waals surface area contributed by atoms with Gasteiger partial charge in [0.1, 0.15) is 11.0 Å². The molecule has 0 spiro atoms. The third-order valence-electron chi connectivity index (χ3n) is 4.38. The quantitative estimate of drug-likeness (QED) is 0.478. The second-order valence-corrected chi connectivity index (χ2v) is 7.67. The van der Waals surface area contributed by atoms with E-state index < -0.39 is 6.04 Å². The number of carbonyl (C=O) groups excluding carboxylic acids is 1. The number of nitrogens with two attached hydrogens (primary N) is 1. The number of aryl methyl sites for hydroxylation is 1. The molecule has 4 rings (SSSR count). The lowest BCUT2D eigenvalue weighted by Gasteiger charge is -2.13. The molecular formula is C21H19N5OS. The molecule has 2 heterocycles. The van der Waals surface area contributed by atoms with Gasteiger partial charge in [-0.2, -0.15) is 5.10 Å². The van der Waals surface area contributed by atoms with Crippen molar-refractivity contribution in [3.8, 4) is 21.7 Å². The van der Waals surface area contributed by atoms with Gasteiger partial charge in [-0.25, -0.2) is 4.98 Å². The molecule has 0 aliphatic carbocycles. The van der Waals surface area contributed by atoms with Crippen LogP contribution in [0.4, 0.5) is 5.69 Å². The number of benzene rings is 2. The molecule has 0 radical (unpaired) electrons. The highest BCUT2D eigenvalue weighted by Gasteiger charge is 2.16. The van der Waals surface area contributed by atoms with Gasteiger partial charge in [-0.3, -0.25) is 9.89 Å². The molecule has 28 heavy (non-hydrogen) atoms. The van der Waals surface area contributed by atoms with E-state index in [9.17, 15) is 4.79 Å². The lowest BCUT2D eigenvalue weighted by atomic mass is 10.0.